The molecule has 0 radical (unpaired) electrons. The number of carboxylic acid groups (broad SMARTS) is 3. The Labute approximate surface area is 220 Å². The first-order chi connectivity index (χ1) is 16.9. The molecular weight excluding hydrogens is 456 g/mol. The highest BCUT2D eigenvalue weighted by molar-refractivity contribution is 5.70. The number of rotatable bonds is 23. The van der Waals surface area contributed by atoms with Gasteiger partial charge in [-0.15, -0.1) is 0 Å². The summed E-state index contributed by atoms with van der Waals surface area (Å²) >= 11 is 0. The van der Waals surface area contributed by atoms with Crippen LogP contribution in [0.5, 0.6) is 0 Å². The monoisotopic (exact) mass is 512 g/mol. The van der Waals surface area contributed by atoms with Crippen LogP contribution in [0.3, 0.4) is 0 Å². The van der Waals surface area contributed by atoms with Gasteiger partial charge in [-0.3, -0.25) is 14.4 Å². The van der Waals surface area contributed by atoms with Crippen molar-refractivity contribution in [3.8, 4) is 0 Å². The average Bonchev–Trinajstić information content (AvgIpc) is 2.82. The number of hydrogen-bond donors (Lipinski definition) is 3. The van der Waals surface area contributed by atoms with Crippen LogP contribution in [0.1, 0.15) is 144 Å². The Morgan fingerprint density at radius 3 is 1.03 bits per heavy atom. The molecule has 0 aliphatic rings. The van der Waals surface area contributed by atoms with Gasteiger partial charge in [0.15, 0.2) is 0 Å². The summed E-state index contributed by atoms with van der Waals surface area (Å²) < 4.78 is 0. The van der Waals surface area contributed by atoms with E-state index in [0.29, 0.717) is 38.5 Å². The first-order valence-corrected chi connectivity index (χ1v) is 14.6. The number of carboxylic acids is 3. The maximum atomic E-state index is 11.4. The zero-order chi connectivity index (χ0) is 27.8. The summed E-state index contributed by atoms with van der Waals surface area (Å²) in [5, 5.41) is 28.2. The molecule has 3 unspecified atom stereocenters. The van der Waals surface area contributed by atoms with Crippen LogP contribution < -0.4 is 0 Å². The minimum atomic E-state index is -0.703. The van der Waals surface area contributed by atoms with Gasteiger partial charge in [0, 0.05) is 0 Å². The fourth-order valence-corrected chi connectivity index (χ4v) is 5.83. The maximum absolute atomic E-state index is 11.4. The van der Waals surface area contributed by atoms with Gasteiger partial charge in [0.2, 0.25) is 0 Å². The second-order valence-electron chi connectivity index (χ2n) is 11.6. The highest BCUT2D eigenvalue weighted by Crippen LogP contribution is 2.53. The van der Waals surface area contributed by atoms with Gasteiger partial charge >= 0.3 is 17.9 Å². The molecule has 0 aliphatic heterocycles. The standard InChI is InChI=1S/C30H56O6/c1-7-23(26(31)32)17-11-14-20-30(29(5,6)10-4,21-15-12-18-24(8-2)27(33)34)22-16-13-19-25(9-3)28(35)36/h23-25H,7-22H2,1-6H3,(H,31,32)(H,33,34)(H,35,36). The summed E-state index contributed by atoms with van der Waals surface area (Å²) in [6, 6.07) is 0. The molecular formula is C30H56O6. The predicted molar refractivity (Wildman–Crippen MR) is 146 cm³/mol. The third-order valence-corrected chi connectivity index (χ3v) is 9.22. The summed E-state index contributed by atoms with van der Waals surface area (Å²) in [5.41, 5.74) is 0.181. The molecule has 6 nitrogen and oxygen atoms in total. The van der Waals surface area contributed by atoms with Gasteiger partial charge in [0.05, 0.1) is 17.8 Å². The molecule has 0 rings (SSSR count). The van der Waals surface area contributed by atoms with Gasteiger partial charge < -0.3 is 15.3 Å². The lowest BCUT2D eigenvalue weighted by Gasteiger charge is -2.48. The van der Waals surface area contributed by atoms with Crippen LogP contribution in [0.25, 0.3) is 0 Å². The van der Waals surface area contributed by atoms with Crippen molar-refractivity contribution in [2.24, 2.45) is 28.6 Å². The molecule has 0 aromatic heterocycles. The van der Waals surface area contributed by atoms with Gasteiger partial charge in [-0.1, -0.05) is 86.5 Å². The second kappa shape index (κ2) is 17.8. The number of unbranched alkanes of at least 4 members (excludes halogenated alkanes) is 3. The highest BCUT2D eigenvalue weighted by Gasteiger charge is 2.42. The minimum Gasteiger partial charge on any atom is -0.481 e. The molecule has 0 saturated carbocycles. The Balaban J connectivity index is 5.46. The van der Waals surface area contributed by atoms with Crippen molar-refractivity contribution < 1.29 is 29.7 Å². The van der Waals surface area contributed by atoms with Gasteiger partial charge in [-0.25, -0.2) is 0 Å². The second-order valence-corrected chi connectivity index (χ2v) is 11.6. The summed E-state index contributed by atoms with van der Waals surface area (Å²) in [6.07, 6.45) is 13.9. The molecule has 0 spiro atoms. The molecule has 3 N–H and O–H groups in total. The Hall–Kier alpha value is -1.59. The van der Waals surface area contributed by atoms with E-state index in [-0.39, 0.29) is 28.6 Å². The Morgan fingerprint density at radius 2 is 0.833 bits per heavy atom. The third kappa shape index (κ3) is 11.6. The summed E-state index contributed by atoms with van der Waals surface area (Å²) in [4.78, 5) is 34.3. The lowest BCUT2D eigenvalue weighted by Crippen LogP contribution is -2.38. The largest absolute Gasteiger partial charge is 0.481 e. The molecule has 0 fully saturated rings. The van der Waals surface area contributed by atoms with E-state index >= 15 is 0 Å². The van der Waals surface area contributed by atoms with Crippen molar-refractivity contribution in [1.82, 2.24) is 0 Å². The van der Waals surface area contributed by atoms with E-state index in [1.165, 1.54) is 0 Å². The van der Waals surface area contributed by atoms with Gasteiger partial charge in [0.25, 0.3) is 0 Å². The summed E-state index contributed by atoms with van der Waals surface area (Å²) in [6.45, 7) is 12.7. The highest BCUT2D eigenvalue weighted by atomic mass is 16.4. The number of carbonyl (C=O) groups is 3. The van der Waals surface area contributed by atoms with Crippen LogP contribution in [0.4, 0.5) is 0 Å². The zero-order valence-corrected chi connectivity index (χ0v) is 24.1. The van der Waals surface area contributed by atoms with E-state index in [2.05, 4.69) is 20.8 Å². The van der Waals surface area contributed by atoms with E-state index in [1.54, 1.807) is 0 Å². The summed E-state index contributed by atoms with van der Waals surface area (Å²) in [7, 11) is 0. The summed E-state index contributed by atoms with van der Waals surface area (Å²) in [5.74, 6) is -2.94. The number of hydrogen-bond acceptors (Lipinski definition) is 3. The Kier molecular flexibility index (Phi) is 17.0. The average molecular weight is 513 g/mol. The molecule has 0 bridgehead atoms. The van der Waals surface area contributed by atoms with Gasteiger partial charge in [0.1, 0.15) is 0 Å². The molecule has 0 heterocycles. The van der Waals surface area contributed by atoms with E-state index < -0.39 is 17.9 Å². The predicted octanol–water partition coefficient (Wildman–Crippen LogP) is 8.42. The molecule has 0 aromatic rings. The molecule has 3 atom stereocenters. The fourth-order valence-electron chi connectivity index (χ4n) is 5.83. The Bertz CT molecular complexity index is 567. The smallest absolute Gasteiger partial charge is 0.306 e. The van der Waals surface area contributed by atoms with Crippen molar-refractivity contribution in [2.45, 2.75) is 144 Å². The van der Waals surface area contributed by atoms with Crippen LogP contribution in [-0.4, -0.2) is 33.2 Å². The molecule has 0 aliphatic carbocycles. The van der Waals surface area contributed by atoms with E-state index in [9.17, 15) is 29.7 Å². The first-order valence-electron chi connectivity index (χ1n) is 14.6. The maximum Gasteiger partial charge on any atom is 0.306 e. The van der Waals surface area contributed by atoms with Crippen LogP contribution >= 0.6 is 0 Å². The minimum absolute atomic E-state index is 0.0859. The van der Waals surface area contributed by atoms with Crippen LogP contribution in [0, 0.1) is 28.6 Å². The molecule has 212 valence electrons. The first kappa shape index (κ1) is 34.4. The number of aliphatic carboxylic acids is 3. The van der Waals surface area contributed by atoms with Gasteiger partial charge in [-0.2, -0.15) is 0 Å². The molecule has 36 heavy (non-hydrogen) atoms. The van der Waals surface area contributed by atoms with Crippen LogP contribution in [0.15, 0.2) is 0 Å². The quantitative estimate of drug-likeness (QED) is 0.118. The topological polar surface area (TPSA) is 112 Å². The fraction of sp³-hybridized carbons (Fsp3) is 0.900. The molecule has 0 aromatic carbocycles. The van der Waals surface area contributed by atoms with Crippen molar-refractivity contribution >= 4 is 17.9 Å². The van der Waals surface area contributed by atoms with E-state index in [0.717, 1.165) is 64.2 Å². The van der Waals surface area contributed by atoms with Crippen molar-refractivity contribution in [1.29, 1.82) is 0 Å². The van der Waals surface area contributed by atoms with E-state index in [4.69, 9.17) is 0 Å². The Morgan fingerprint density at radius 1 is 0.556 bits per heavy atom. The molecule has 0 saturated heterocycles. The van der Waals surface area contributed by atoms with Gasteiger partial charge in [-0.05, 0) is 68.6 Å². The lowest BCUT2D eigenvalue weighted by molar-refractivity contribution is -0.143. The molecule has 0 amide bonds. The van der Waals surface area contributed by atoms with Crippen molar-refractivity contribution in [2.75, 3.05) is 0 Å². The molecule has 6 heteroatoms. The van der Waals surface area contributed by atoms with Crippen molar-refractivity contribution in [3.63, 3.8) is 0 Å². The SMILES string of the molecule is CCC(CCCCC(CCCCC(CC)C(=O)O)(CCCCC(CC)C(=O)O)C(C)(C)CC)C(=O)O. The normalized spacial score (nSPS) is 16.2. The third-order valence-electron chi connectivity index (χ3n) is 9.22. The lowest BCUT2D eigenvalue weighted by atomic mass is 9.57. The van der Waals surface area contributed by atoms with Crippen LogP contribution in [-0.2, 0) is 14.4 Å². The van der Waals surface area contributed by atoms with Crippen LogP contribution in [0.2, 0.25) is 0 Å². The van der Waals surface area contributed by atoms with E-state index in [1.807, 2.05) is 20.8 Å². The van der Waals surface area contributed by atoms with Crippen molar-refractivity contribution in [3.05, 3.63) is 0 Å². The zero-order valence-electron chi connectivity index (χ0n) is 24.1.